The molecule has 142 valence electrons. The average molecular weight is 408 g/mol. The monoisotopic (exact) mass is 407 g/mol. The van der Waals surface area contributed by atoms with Crippen molar-refractivity contribution in [1.82, 2.24) is 14.6 Å². The zero-order chi connectivity index (χ0) is 19.2. The molecule has 0 spiro atoms. The van der Waals surface area contributed by atoms with Crippen molar-refractivity contribution in [3.05, 3.63) is 56.4 Å². The molecule has 3 aromatic rings. The summed E-state index contributed by atoms with van der Waals surface area (Å²) in [5, 5.41) is 5.55. The molecule has 2 heterocycles. The van der Waals surface area contributed by atoms with Crippen LogP contribution in [0.15, 0.2) is 35.1 Å². The van der Waals surface area contributed by atoms with Crippen LogP contribution in [-0.2, 0) is 22.6 Å². The highest BCUT2D eigenvalue weighted by molar-refractivity contribution is 7.16. The molecule has 0 atom stereocenters. The summed E-state index contributed by atoms with van der Waals surface area (Å²) in [6.45, 7) is 1.70. The van der Waals surface area contributed by atoms with Crippen molar-refractivity contribution in [3.8, 4) is 5.75 Å². The van der Waals surface area contributed by atoms with E-state index in [-0.39, 0.29) is 18.8 Å². The summed E-state index contributed by atoms with van der Waals surface area (Å²) in [6, 6.07) is 8.16. The van der Waals surface area contributed by atoms with Gasteiger partial charge in [-0.25, -0.2) is 9.78 Å². The maximum atomic E-state index is 12.2. The van der Waals surface area contributed by atoms with Crippen molar-refractivity contribution in [2.24, 2.45) is 0 Å². The van der Waals surface area contributed by atoms with Crippen molar-refractivity contribution in [2.45, 2.75) is 32.8 Å². The zero-order valence-corrected chi connectivity index (χ0v) is 16.3. The van der Waals surface area contributed by atoms with Gasteiger partial charge in [0.2, 0.25) is 4.96 Å². The molecule has 2 aromatic heterocycles. The van der Waals surface area contributed by atoms with E-state index in [9.17, 15) is 9.59 Å². The van der Waals surface area contributed by atoms with Gasteiger partial charge in [-0.1, -0.05) is 48.4 Å². The van der Waals surface area contributed by atoms with Gasteiger partial charge in [0.1, 0.15) is 17.4 Å². The number of aryl methyl sites for hydroxylation is 1. The van der Waals surface area contributed by atoms with Gasteiger partial charge in [-0.2, -0.15) is 9.61 Å². The lowest BCUT2D eigenvalue weighted by Gasteiger charge is -2.07. The lowest BCUT2D eigenvalue weighted by Crippen LogP contribution is -2.18. The molecule has 27 heavy (non-hydrogen) atoms. The predicted octanol–water partition coefficient (Wildman–Crippen LogP) is 3.27. The first-order chi connectivity index (χ1) is 13.1. The second kappa shape index (κ2) is 8.96. The van der Waals surface area contributed by atoms with Crippen molar-refractivity contribution in [2.75, 3.05) is 6.61 Å². The molecule has 0 N–H and O–H groups in total. The molecule has 0 saturated heterocycles. The number of carbonyl (C=O) groups is 1. The van der Waals surface area contributed by atoms with E-state index in [4.69, 9.17) is 21.1 Å². The Morgan fingerprint density at radius 3 is 2.93 bits per heavy atom. The van der Waals surface area contributed by atoms with E-state index in [1.807, 2.05) is 0 Å². The van der Waals surface area contributed by atoms with E-state index in [0.29, 0.717) is 21.4 Å². The SMILES string of the molecule is CCCCc1nn2c(=O)cc(COC(=O)COc3ccccc3Cl)nc2s1. The topological polar surface area (TPSA) is 82.8 Å². The second-order valence-corrected chi connectivity index (χ2v) is 7.21. The van der Waals surface area contributed by atoms with E-state index in [1.54, 1.807) is 24.3 Å². The standard InChI is InChI=1S/C18H18ClN3O4S/c1-2-3-8-15-21-22-16(23)9-12(20-18(22)27-15)10-26-17(24)11-25-14-7-5-4-6-13(14)19/h4-7,9H,2-3,8,10-11H2,1H3. The van der Waals surface area contributed by atoms with Gasteiger partial charge in [-0.3, -0.25) is 4.79 Å². The Bertz CT molecular complexity index is 1000. The quantitative estimate of drug-likeness (QED) is 0.533. The third-order valence-corrected chi connectivity index (χ3v) is 4.93. The fourth-order valence-electron chi connectivity index (χ4n) is 2.29. The third kappa shape index (κ3) is 5.05. The van der Waals surface area contributed by atoms with E-state index >= 15 is 0 Å². The minimum absolute atomic E-state index is 0.112. The third-order valence-electron chi connectivity index (χ3n) is 3.65. The maximum Gasteiger partial charge on any atom is 0.344 e. The zero-order valence-electron chi connectivity index (χ0n) is 14.7. The summed E-state index contributed by atoms with van der Waals surface area (Å²) in [4.78, 5) is 28.9. The molecular formula is C18H18ClN3O4S. The molecule has 7 nitrogen and oxygen atoms in total. The molecule has 0 saturated carbocycles. The van der Waals surface area contributed by atoms with Crippen LogP contribution in [0.3, 0.4) is 0 Å². The molecular weight excluding hydrogens is 390 g/mol. The van der Waals surface area contributed by atoms with E-state index in [1.165, 1.54) is 21.9 Å². The lowest BCUT2D eigenvalue weighted by atomic mass is 10.3. The smallest absolute Gasteiger partial charge is 0.344 e. The number of esters is 1. The first-order valence-electron chi connectivity index (χ1n) is 8.48. The van der Waals surface area contributed by atoms with Gasteiger partial charge in [-0.15, -0.1) is 0 Å². The highest BCUT2D eigenvalue weighted by atomic mass is 35.5. The van der Waals surface area contributed by atoms with Crippen molar-refractivity contribution >= 4 is 33.9 Å². The number of hydrogen-bond acceptors (Lipinski definition) is 7. The predicted molar refractivity (Wildman–Crippen MR) is 102 cm³/mol. The Morgan fingerprint density at radius 2 is 2.15 bits per heavy atom. The van der Waals surface area contributed by atoms with E-state index in [0.717, 1.165) is 24.3 Å². The minimum Gasteiger partial charge on any atom is -0.480 e. The number of aromatic nitrogens is 3. The molecule has 0 unspecified atom stereocenters. The molecule has 3 rings (SSSR count). The Balaban J connectivity index is 1.60. The molecule has 0 bridgehead atoms. The largest absolute Gasteiger partial charge is 0.480 e. The van der Waals surface area contributed by atoms with Crippen LogP contribution >= 0.6 is 22.9 Å². The molecule has 0 aliphatic heterocycles. The Morgan fingerprint density at radius 1 is 1.33 bits per heavy atom. The fourth-order valence-corrected chi connectivity index (χ4v) is 3.44. The van der Waals surface area contributed by atoms with Gasteiger partial charge in [0.15, 0.2) is 6.61 Å². The Hall–Kier alpha value is -2.45. The summed E-state index contributed by atoms with van der Waals surface area (Å²) in [5.41, 5.74) is 0.0779. The lowest BCUT2D eigenvalue weighted by molar-refractivity contribution is -0.147. The average Bonchev–Trinajstić information content (AvgIpc) is 3.07. The summed E-state index contributed by atoms with van der Waals surface area (Å²) in [6.07, 6.45) is 2.87. The molecule has 0 radical (unpaired) electrons. The van der Waals surface area contributed by atoms with Crippen LogP contribution in [0.5, 0.6) is 5.75 Å². The second-order valence-electron chi connectivity index (χ2n) is 5.76. The number of halogens is 1. The van der Waals surface area contributed by atoms with Crippen LogP contribution < -0.4 is 10.3 Å². The first-order valence-corrected chi connectivity index (χ1v) is 9.68. The minimum atomic E-state index is -0.579. The van der Waals surface area contributed by atoms with Gasteiger partial charge in [0.25, 0.3) is 5.56 Å². The number of hydrogen-bond donors (Lipinski definition) is 0. The number of benzene rings is 1. The fraction of sp³-hybridized carbons (Fsp3) is 0.333. The van der Waals surface area contributed by atoms with Gasteiger partial charge in [-0.05, 0) is 18.6 Å². The maximum absolute atomic E-state index is 12.2. The number of nitrogens with zero attached hydrogens (tertiary/aromatic N) is 3. The Kier molecular flexibility index (Phi) is 6.41. The van der Waals surface area contributed by atoms with Crippen LogP contribution in [0, 0.1) is 0 Å². The van der Waals surface area contributed by atoms with Crippen molar-refractivity contribution < 1.29 is 14.3 Å². The number of unbranched alkanes of at least 4 members (excludes halogenated alkanes) is 1. The normalized spacial score (nSPS) is 10.9. The number of fused-ring (bicyclic) bond motifs is 1. The van der Waals surface area contributed by atoms with Gasteiger partial charge in [0, 0.05) is 12.5 Å². The first kappa shape index (κ1) is 19.3. The van der Waals surface area contributed by atoms with Crippen LogP contribution in [0.1, 0.15) is 30.5 Å². The van der Waals surface area contributed by atoms with Gasteiger partial charge in [0.05, 0.1) is 10.7 Å². The van der Waals surface area contributed by atoms with Crippen LogP contribution in [0.2, 0.25) is 5.02 Å². The molecule has 0 fully saturated rings. The van der Waals surface area contributed by atoms with Gasteiger partial charge < -0.3 is 9.47 Å². The number of ether oxygens (including phenoxy) is 2. The summed E-state index contributed by atoms with van der Waals surface area (Å²) in [5.74, 6) is -0.178. The van der Waals surface area contributed by atoms with E-state index in [2.05, 4.69) is 17.0 Å². The number of carbonyl (C=O) groups excluding carboxylic acids is 1. The van der Waals surface area contributed by atoms with Crippen LogP contribution in [0.4, 0.5) is 0 Å². The molecule has 1 aromatic carbocycles. The summed E-state index contributed by atoms with van der Waals surface area (Å²) < 4.78 is 11.7. The van der Waals surface area contributed by atoms with Gasteiger partial charge >= 0.3 is 5.97 Å². The van der Waals surface area contributed by atoms with Crippen molar-refractivity contribution in [3.63, 3.8) is 0 Å². The number of rotatable bonds is 8. The van der Waals surface area contributed by atoms with Crippen molar-refractivity contribution in [1.29, 1.82) is 0 Å². The van der Waals surface area contributed by atoms with E-state index < -0.39 is 5.97 Å². The molecule has 9 heteroatoms. The summed E-state index contributed by atoms with van der Waals surface area (Å²) in [7, 11) is 0. The Labute approximate surface area is 164 Å². The summed E-state index contributed by atoms with van der Waals surface area (Å²) >= 11 is 7.33. The number of para-hydroxylation sites is 1. The highest BCUT2D eigenvalue weighted by Gasteiger charge is 2.11. The molecule has 0 amide bonds. The molecule has 0 aliphatic rings. The molecule has 0 aliphatic carbocycles. The van der Waals surface area contributed by atoms with Crippen LogP contribution in [0.25, 0.3) is 4.96 Å². The highest BCUT2D eigenvalue weighted by Crippen LogP contribution is 2.23. The van der Waals surface area contributed by atoms with Crippen LogP contribution in [-0.4, -0.2) is 27.2 Å².